The lowest BCUT2D eigenvalue weighted by molar-refractivity contribution is -0.176. The minimum atomic E-state index is -1.04. The molecule has 22 heavy (non-hydrogen) atoms. The van der Waals surface area contributed by atoms with Gasteiger partial charge in [-0.3, -0.25) is 9.59 Å². The zero-order chi connectivity index (χ0) is 16.2. The third-order valence-electron chi connectivity index (χ3n) is 5.58. The molecule has 0 aliphatic heterocycles. The molecule has 0 bridgehead atoms. The van der Waals surface area contributed by atoms with Crippen molar-refractivity contribution in [1.29, 1.82) is 0 Å². The minimum absolute atomic E-state index is 0.107. The molecule has 0 amide bonds. The number of esters is 2. The molecule has 0 radical (unpaired) electrons. The van der Waals surface area contributed by atoms with Gasteiger partial charge in [0.15, 0.2) is 5.41 Å². The topological polar surface area (TPSA) is 52.6 Å². The SMILES string of the molecule is CCCC1CC(C(=O)OCC)(C(=O)OCC)C2CCCCC12. The Hall–Kier alpha value is -1.06. The number of ether oxygens (including phenoxy) is 2. The van der Waals surface area contributed by atoms with Crippen LogP contribution in [-0.2, 0) is 19.1 Å². The summed E-state index contributed by atoms with van der Waals surface area (Å²) in [7, 11) is 0. The second-order valence-electron chi connectivity index (χ2n) is 6.72. The summed E-state index contributed by atoms with van der Waals surface area (Å²) in [6.45, 7) is 6.40. The molecule has 0 aromatic carbocycles. The van der Waals surface area contributed by atoms with E-state index in [0.29, 0.717) is 31.5 Å². The molecular weight excluding hydrogens is 280 g/mol. The molecule has 2 fully saturated rings. The monoisotopic (exact) mass is 310 g/mol. The van der Waals surface area contributed by atoms with Gasteiger partial charge in [0.1, 0.15) is 0 Å². The van der Waals surface area contributed by atoms with E-state index >= 15 is 0 Å². The lowest BCUT2D eigenvalue weighted by Crippen LogP contribution is -2.46. The van der Waals surface area contributed by atoms with Gasteiger partial charge in [-0.1, -0.05) is 32.6 Å². The van der Waals surface area contributed by atoms with Gasteiger partial charge < -0.3 is 9.47 Å². The maximum Gasteiger partial charge on any atom is 0.323 e. The first-order valence-corrected chi connectivity index (χ1v) is 8.96. The number of carbonyl (C=O) groups is 2. The number of hydrogen-bond donors (Lipinski definition) is 0. The highest BCUT2D eigenvalue weighted by Gasteiger charge is 2.63. The van der Waals surface area contributed by atoms with E-state index in [1.54, 1.807) is 13.8 Å². The highest BCUT2D eigenvalue weighted by Crippen LogP contribution is 2.58. The molecule has 4 nitrogen and oxygen atoms in total. The van der Waals surface area contributed by atoms with Crippen LogP contribution in [0.15, 0.2) is 0 Å². The first-order chi connectivity index (χ1) is 10.6. The Labute approximate surface area is 133 Å². The molecule has 2 saturated carbocycles. The number of fused-ring (bicyclic) bond motifs is 1. The van der Waals surface area contributed by atoms with E-state index in [2.05, 4.69) is 6.92 Å². The zero-order valence-electron chi connectivity index (χ0n) is 14.2. The van der Waals surface area contributed by atoms with Crippen molar-refractivity contribution in [2.24, 2.45) is 23.2 Å². The second-order valence-corrected chi connectivity index (χ2v) is 6.72. The second kappa shape index (κ2) is 7.47. The Bertz CT molecular complexity index is 386. The maximum absolute atomic E-state index is 12.8. The first-order valence-electron chi connectivity index (χ1n) is 8.96. The van der Waals surface area contributed by atoms with E-state index in [9.17, 15) is 9.59 Å². The smallest absolute Gasteiger partial charge is 0.323 e. The maximum atomic E-state index is 12.8. The van der Waals surface area contributed by atoms with E-state index in [-0.39, 0.29) is 17.9 Å². The van der Waals surface area contributed by atoms with E-state index in [1.165, 1.54) is 6.42 Å². The molecule has 2 rings (SSSR count). The van der Waals surface area contributed by atoms with Crippen LogP contribution in [-0.4, -0.2) is 25.2 Å². The number of carbonyl (C=O) groups excluding carboxylic acids is 2. The third-order valence-corrected chi connectivity index (χ3v) is 5.58. The van der Waals surface area contributed by atoms with Crippen molar-refractivity contribution >= 4 is 11.9 Å². The predicted molar refractivity (Wildman–Crippen MR) is 84.2 cm³/mol. The van der Waals surface area contributed by atoms with Crippen molar-refractivity contribution in [3.63, 3.8) is 0 Å². The molecule has 0 aromatic rings. The molecule has 0 heterocycles. The minimum Gasteiger partial charge on any atom is -0.465 e. The van der Waals surface area contributed by atoms with Gasteiger partial charge in [0.05, 0.1) is 13.2 Å². The zero-order valence-corrected chi connectivity index (χ0v) is 14.2. The van der Waals surface area contributed by atoms with Crippen molar-refractivity contribution in [3.05, 3.63) is 0 Å². The summed E-state index contributed by atoms with van der Waals surface area (Å²) in [5, 5.41) is 0. The van der Waals surface area contributed by atoms with Crippen molar-refractivity contribution < 1.29 is 19.1 Å². The highest BCUT2D eigenvalue weighted by molar-refractivity contribution is 6.01. The quantitative estimate of drug-likeness (QED) is 0.554. The Balaban J connectivity index is 2.37. The molecule has 0 aromatic heterocycles. The van der Waals surface area contributed by atoms with Crippen LogP contribution in [0.1, 0.15) is 65.7 Å². The molecule has 2 aliphatic carbocycles. The molecule has 3 atom stereocenters. The largest absolute Gasteiger partial charge is 0.465 e. The van der Waals surface area contributed by atoms with Gasteiger partial charge in [-0.2, -0.15) is 0 Å². The lowest BCUT2D eigenvalue weighted by atomic mass is 9.69. The van der Waals surface area contributed by atoms with Crippen LogP contribution in [0.25, 0.3) is 0 Å². The average Bonchev–Trinajstić information content (AvgIpc) is 2.84. The Kier molecular flexibility index (Phi) is 5.87. The summed E-state index contributed by atoms with van der Waals surface area (Å²) in [6, 6.07) is 0. The summed E-state index contributed by atoms with van der Waals surface area (Å²) in [5.74, 6) is 0.343. The average molecular weight is 310 g/mol. The van der Waals surface area contributed by atoms with Gasteiger partial charge in [-0.15, -0.1) is 0 Å². The fraction of sp³-hybridized carbons (Fsp3) is 0.889. The highest BCUT2D eigenvalue weighted by atomic mass is 16.6. The van der Waals surface area contributed by atoms with Crippen LogP contribution in [0.5, 0.6) is 0 Å². The summed E-state index contributed by atoms with van der Waals surface area (Å²) in [6.07, 6.45) is 7.19. The molecule has 2 aliphatic rings. The molecule has 0 spiro atoms. The van der Waals surface area contributed by atoms with Crippen LogP contribution in [0.2, 0.25) is 0 Å². The van der Waals surface area contributed by atoms with E-state index in [0.717, 1.165) is 32.1 Å². The van der Waals surface area contributed by atoms with Gasteiger partial charge in [-0.05, 0) is 50.9 Å². The number of rotatable bonds is 6. The van der Waals surface area contributed by atoms with Crippen molar-refractivity contribution in [2.75, 3.05) is 13.2 Å². The lowest BCUT2D eigenvalue weighted by Gasteiger charge is -2.36. The van der Waals surface area contributed by atoms with E-state index in [1.807, 2.05) is 0 Å². The normalized spacial score (nSPS) is 29.7. The van der Waals surface area contributed by atoms with Crippen LogP contribution in [0.4, 0.5) is 0 Å². The van der Waals surface area contributed by atoms with Crippen molar-refractivity contribution in [2.45, 2.75) is 65.7 Å². The molecule has 0 N–H and O–H groups in total. The van der Waals surface area contributed by atoms with Crippen molar-refractivity contribution in [1.82, 2.24) is 0 Å². The fourth-order valence-corrected chi connectivity index (χ4v) is 4.81. The van der Waals surface area contributed by atoms with Gasteiger partial charge in [0.25, 0.3) is 0 Å². The van der Waals surface area contributed by atoms with Gasteiger partial charge >= 0.3 is 11.9 Å². The van der Waals surface area contributed by atoms with E-state index in [4.69, 9.17) is 9.47 Å². The van der Waals surface area contributed by atoms with Crippen LogP contribution >= 0.6 is 0 Å². The van der Waals surface area contributed by atoms with Crippen LogP contribution < -0.4 is 0 Å². The van der Waals surface area contributed by atoms with Gasteiger partial charge in [0, 0.05) is 0 Å². The van der Waals surface area contributed by atoms with Gasteiger partial charge in [0.2, 0.25) is 0 Å². The Morgan fingerprint density at radius 2 is 1.59 bits per heavy atom. The number of hydrogen-bond acceptors (Lipinski definition) is 4. The molecule has 0 saturated heterocycles. The fourth-order valence-electron chi connectivity index (χ4n) is 4.81. The standard InChI is InChI=1S/C18H30O4/c1-4-9-13-12-18(16(19)21-5-2,17(20)22-6-3)15-11-8-7-10-14(13)15/h13-15H,4-12H2,1-3H3. The summed E-state index contributed by atoms with van der Waals surface area (Å²) in [4.78, 5) is 25.5. The van der Waals surface area contributed by atoms with E-state index < -0.39 is 5.41 Å². The molecular formula is C18H30O4. The summed E-state index contributed by atoms with van der Waals surface area (Å²) in [5.41, 5.74) is -1.04. The van der Waals surface area contributed by atoms with Crippen LogP contribution in [0, 0.1) is 23.2 Å². The Morgan fingerprint density at radius 1 is 1.00 bits per heavy atom. The molecule has 4 heteroatoms. The van der Waals surface area contributed by atoms with Crippen LogP contribution in [0.3, 0.4) is 0 Å². The Morgan fingerprint density at radius 3 is 2.14 bits per heavy atom. The van der Waals surface area contributed by atoms with Gasteiger partial charge in [-0.25, -0.2) is 0 Å². The van der Waals surface area contributed by atoms with Crippen molar-refractivity contribution in [3.8, 4) is 0 Å². The third kappa shape index (κ3) is 2.89. The summed E-state index contributed by atoms with van der Waals surface area (Å²) < 4.78 is 10.7. The molecule has 3 unspecified atom stereocenters. The molecule has 126 valence electrons. The predicted octanol–water partition coefficient (Wildman–Crippen LogP) is 3.73. The summed E-state index contributed by atoms with van der Waals surface area (Å²) >= 11 is 0. The first kappa shape index (κ1) is 17.3.